The van der Waals surface area contributed by atoms with Crippen molar-refractivity contribution >= 4 is 12.0 Å². The number of nitrogens with zero attached hydrogens (tertiary/aromatic N) is 3. The Hall–Kier alpha value is -1.93. The first-order valence-corrected chi connectivity index (χ1v) is 9.16. The normalized spacial score (nSPS) is 19.2. The SMILES string of the molecule is NC(CO)Nc1ncc2c(n1)CN(C(=O)NCC1CCCCC1)CC2. The third-order valence-electron chi connectivity index (χ3n) is 5.01. The van der Waals surface area contributed by atoms with Crippen LogP contribution in [0.5, 0.6) is 0 Å². The van der Waals surface area contributed by atoms with Gasteiger partial charge >= 0.3 is 6.03 Å². The summed E-state index contributed by atoms with van der Waals surface area (Å²) in [7, 11) is 0. The number of hydrogen-bond acceptors (Lipinski definition) is 6. The van der Waals surface area contributed by atoms with Crippen LogP contribution in [0.1, 0.15) is 43.4 Å². The first kappa shape index (κ1) is 17.9. The summed E-state index contributed by atoms with van der Waals surface area (Å²) >= 11 is 0. The van der Waals surface area contributed by atoms with Crippen LogP contribution < -0.4 is 16.4 Å². The van der Waals surface area contributed by atoms with Gasteiger partial charge < -0.3 is 26.4 Å². The fourth-order valence-corrected chi connectivity index (χ4v) is 3.49. The monoisotopic (exact) mass is 348 g/mol. The molecule has 1 atom stereocenters. The van der Waals surface area contributed by atoms with Gasteiger partial charge in [0.25, 0.3) is 0 Å². The van der Waals surface area contributed by atoms with E-state index in [2.05, 4.69) is 20.6 Å². The molecule has 2 aliphatic rings. The number of aliphatic hydroxyl groups is 1. The molecular weight excluding hydrogens is 320 g/mol. The van der Waals surface area contributed by atoms with Crippen LogP contribution in [0.4, 0.5) is 10.7 Å². The smallest absolute Gasteiger partial charge is 0.317 e. The van der Waals surface area contributed by atoms with Gasteiger partial charge in [0.05, 0.1) is 18.8 Å². The summed E-state index contributed by atoms with van der Waals surface area (Å²) in [6.45, 7) is 1.72. The van der Waals surface area contributed by atoms with E-state index in [1.807, 2.05) is 0 Å². The number of urea groups is 1. The fraction of sp³-hybridized carbons (Fsp3) is 0.706. The number of carbonyl (C=O) groups is 1. The predicted octanol–water partition coefficient (Wildman–Crippen LogP) is 0.814. The van der Waals surface area contributed by atoms with Crippen LogP contribution in [0.2, 0.25) is 0 Å². The maximum atomic E-state index is 12.5. The van der Waals surface area contributed by atoms with E-state index in [4.69, 9.17) is 10.8 Å². The molecule has 2 heterocycles. The molecule has 25 heavy (non-hydrogen) atoms. The minimum Gasteiger partial charge on any atom is -0.393 e. The molecule has 3 rings (SSSR count). The van der Waals surface area contributed by atoms with Crippen LogP contribution in [0.25, 0.3) is 0 Å². The number of rotatable bonds is 5. The minimum atomic E-state index is -0.600. The van der Waals surface area contributed by atoms with Crippen molar-refractivity contribution in [2.24, 2.45) is 11.7 Å². The van der Waals surface area contributed by atoms with Crippen molar-refractivity contribution in [3.63, 3.8) is 0 Å². The highest BCUT2D eigenvalue weighted by Crippen LogP contribution is 2.23. The highest BCUT2D eigenvalue weighted by Gasteiger charge is 2.23. The standard InChI is InChI=1S/C17H28N6O2/c18-15(11-24)22-16-19-9-13-6-7-23(10-14(13)21-16)17(25)20-8-12-4-2-1-3-5-12/h9,12,15,24H,1-8,10-11,18H2,(H,20,25)(H,19,21,22). The molecule has 0 bridgehead atoms. The van der Waals surface area contributed by atoms with Crippen LogP contribution in [0.3, 0.4) is 0 Å². The van der Waals surface area contributed by atoms with Crippen molar-refractivity contribution in [2.75, 3.05) is 25.0 Å². The predicted molar refractivity (Wildman–Crippen MR) is 94.8 cm³/mol. The lowest BCUT2D eigenvalue weighted by Gasteiger charge is -2.29. The molecule has 0 spiro atoms. The molecule has 1 aromatic heterocycles. The first-order valence-electron chi connectivity index (χ1n) is 9.16. The fourth-order valence-electron chi connectivity index (χ4n) is 3.49. The topological polar surface area (TPSA) is 116 Å². The van der Waals surface area contributed by atoms with Gasteiger partial charge in [-0.2, -0.15) is 0 Å². The molecule has 1 fully saturated rings. The number of fused-ring (bicyclic) bond motifs is 1. The Kier molecular flexibility index (Phi) is 6.04. The van der Waals surface area contributed by atoms with Gasteiger partial charge in [-0.3, -0.25) is 0 Å². The van der Waals surface area contributed by atoms with Crippen molar-refractivity contribution in [1.82, 2.24) is 20.2 Å². The average Bonchev–Trinajstić information content (AvgIpc) is 2.66. The molecule has 8 nitrogen and oxygen atoms in total. The zero-order valence-electron chi connectivity index (χ0n) is 14.6. The lowest BCUT2D eigenvalue weighted by Crippen LogP contribution is -2.44. The zero-order valence-corrected chi connectivity index (χ0v) is 14.6. The van der Waals surface area contributed by atoms with E-state index in [9.17, 15) is 4.79 Å². The molecule has 1 aliphatic carbocycles. The molecule has 1 aromatic rings. The summed E-state index contributed by atoms with van der Waals surface area (Å²) in [4.78, 5) is 22.9. The van der Waals surface area contributed by atoms with Gasteiger partial charge in [-0.1, -0.05) is 19.3 Å². The van der Waals surface area contributed by atoms with Gasteiger partial charge in [-0.15, -0.1) is 0 Å². The summed E-state index contributed by atoms with van der Waals surface area (Å²) < 4.78 is 0. The Morgan fingerprint density at radius 1 is 1.40 bits per heavy atom. The van der Waals surface area contributed by atoms with Crippen molar-refractivity contribution in [1.29, 1.82) is 0 Å². The molecular formula is C17H28N6O2. The van der Waals surface area contributed by atoms with E-state index < -0.39 is 6.17 Å². The molecule has 1 aliphatic heterocycles. The van der Waals surface area contributed by atoms with Crippen LogP contribution in [-0.2, 0) is 13.0 Å². The van der Waals surface area contributed by atoms with Gasteiger partial charge in [0, 0.05) is 19.3 Å². The lowest BCUT2D eigenvalue weighted by molar-refractivity contribution is 0.187. The van der Waals surface area contributed by atoms with Gasteiger partial charge in [0.2, 0.25) is 5.95 Å². The molecule has 5 N–H and O–H groups in total. The van der Waals surface area contributed by atoms with E-state index in [1.54, 1.807) is 11.1 Å². The third kappa shape index (κ3) is 4.79. The number of nitrogens with one attached hydrogen (secondary N) is 2. The molecule has 0 saturated heterocycles. The molecule has 8 heteroatoms. The summed E-state index contributed by atoms with van der Waals surface area (Å²) in [5, 5.41) is 14.9. The third-order valence-corrected chi connectivity index (χ3v) is 5.01. The number of nitrogens with two attached hydrogens (primary N) is 1. The largest absolute Gasteiger partial charge is 0.393 e. The Morgan fingerprint density at radius 3 is 2.96 bits per heavy atom. The summed E-state index contributed by atoms with van der Waals surface area (Å²) in [6, 6.07) is -0.0172. The van der Waals surface area contributed by atoms with E-state index in [0.29, 0.717) is 25.0 Å². The van der Waals surface area contributed by atoms with Crippen molar-refractivity contribution in [3.05, 3.63) is 17.5 Å². The highest BCUT2D eigenvalue weighted by atomic mass is 16.3. The Labute approximate surface area is 148 Å². The van der Waals surface area contributed by atoms with E-state index >= 15 is 0 Å². The number of aliphatic hydroxyl groups excluding tert-OH is 1. The molecule has 0 radical (unpaired) electrons. The number of hydrogen-bond donors (Lipinski definition) is 4. The van der Waals surface area contributed by atoms with Crippen LogP contribution in [0, 0.1) is 5.92 Å². The maximum Gasteiger partial charge on any atom is 0.317 e. The second-order valence-electron chi connectivity index (χ2n) is 6.96. The minimum absolute atomic E-state index is 0.0172. The Morgan fingerprint density at radius 2 is 2.20 bits per heavy atom. The van der Waals surface area contributed by atoms with Gasteiger partial charge in [-0.05, 0) is 30.7 Å². The number of carbonyl (C=O) groups excluding carboxylic acids is 1. The van der Waals surface area contributed by atoms with E-state index in [-0.39, 0.29) is 12.6 Å². The quantitative estimate of drug-likeness (QED) is 0.585. The van der Waals surface area contributed by atoms with Crippen LogP contribution >= 0.6 is 0 Å². The maximum absolute atomic E-state index is 12.5. The van der Waals surface area contributed by atoms with Crippen molar-refractivity contribution < 1.29 is 9.90 Å². The molecule has 1 unspecified atom stereocenters. The second-order valence-corrected chi connectivity index (χ2v) is 6.96. The van der Waals surface area contributed by atoms with E-state index in [1.165, 1.54) is 32.1 Å². The number of aromatic nitrogens is 2. The van der Waals surface area contributed by atoms with Gasteiger partial charge in [0.1, 0.15) is 6.17 Å². The highest BCUT2D eigenvalue weighted by molar-refractivity contribution is 5.74. The summed E-state index contributed by atoms with van der Waals surface area (Å²) in [5.41, 5.74) is 7.54. The number of amides is 2. The summed E-state index contributed by atoms with van der Waals surface area (Å²) in [6.07, 6.45) is 8.23. The average molecular weight is 348 g/mol. The van der Waals surface area contributed by atoms with Gasteiger partial charge in [0.15, 0.2) is 0 Å². The van der Waals surface area contributed by atoms with Crippen LogP contribution in [-0.4, -0.2) is 51.9 Å². The molecule has 0 aromatic carbocycles. The lowest BCUT2D eigenvalue weighted by atomic mass is 9.89. The molecule has 1 saturated carbocycles. The molecule has 138 valence electrons. The van der Waals surface area contributed by atoms with Crippen LogP contribution in [0.15, 0.2) is 6.20 Å². The molecule has 2 amide bonds. The zero-order chi connectivity index (χ0) is 17.6. The Balaban J connectivity index is 1.55. The first-order chi connectivity index (χ1) is 12.2. The summed E-state index contributed by atoms with van der Waals surface area (Å²) in [5.74, 6) is 0.998. The Bertz CT molecular complexity index is 591. The van der Waals surface area contributed by atoms with Crippen molar-refractivity contribution in [2.45, 2.75) is 51.2 Å². The second kappa shape index (κ2) is 8.44. The van der Waals surface area contributed by atoms with Crippen molar-refractivity contribution in [3.8, 4) is 0 Å². The van der Waals surface area contributed by atoms with Gasteiger partial charge in [-0.25, -0.2) is 14.8 Å². The number of anilines is 1. The van der Waals surface area contributed by atoms with E-state index in [0.717, 1.165) is 24.2 Å².